The largest absolute Gasteiger partial charge is 0.513 e. The molecule has 1 unspecified atom stereocenters. The summed E-state index contributed by atoms with van der Waals surface area (Å²) in [5.41, 5.74) is 6.29. The zero-order valence-electron chi connectivity index (χ0n) is 26.9. The van der Waals surface area contributed by atoms with Crippen molar-refractivity contribution in [2.45, 2.75) is 106 Å². The average Bonchev–Trinajstić information content (AvgIpc) is 2.94. The Morgan fingerprint density at radius 1 is 0.976 bits per heavy atom. The molecule has 0 aliphatic heterocycles. The molecule has 2 aromatic rings. The molecular formula is C35H51BF3NO2. The third kappa shape index (κ3) is 15.7. The van der Waals surface area contributed by atoms with Gasteiger partial charge in [-0.25, -0.2) is 0 Å². The minimum atomic E-state index is -4.70. The van der Waals surface area contributed by atoms with Gasteiger partial charge in [0.05, 0.1) is 5.76 Å². The van der Waals surface area contributed by atoms with E-state index in [1.807, 2.05) is 40.7 Å². The zero-order valence-corrected chi connectivity index (χ0v) is 26.9. The molecule has 42 heavy (non-hydrogen) atoms. The average molecular weight is 586 g/mol. The van der Waals surface area contributed by atoms with Gasteiger partial charge in [-0.2, -0.15) is 0 Å². The molecule has 232 valence electrons. The van der Waals surface area contributed by atoms with Crippen molar-refractivity contribution < 1.29 is 23.0 Å². The molecule has 0 radical (unpaired) electrons. The standard InChI is InChI=1S/C28H35BF3NO.C5H10O.C2H6/c1-7-9-10-21(5)33(19-23-11-13-24(14-12-23)20(3)4)22(6)29-27(8-2)25-15-17-26(18-16-25)34-28(30,31)32;1-3-4-5(2)6;1-2/h8,11-18,21H,3,7,9-10,19H2,1-2,4-6H3;6H,2-4H2,1H3;1-2H3/b27-8-;;. The molecule has 0 saturated carbocycles. The van der Waals surface area contributed by atoms with Crippen LogP contribution in [0.15, 0.2) is 73.5 Å². The summed E-state index contributed by atoms with van der Waals surface area (Å²) in [6.45, 7) is 26.7. The second kappa shape index (κ2) is 20.6. The van der Waals surface area contributed by atoms with E-state index in [0.717, 1.165) is 66.4 Å². The van der Waals surface area contributed by atoms with Crippen molar-refractivity contribution in [1.29, 1.82) is 0 Å². The van der Waals surface area contributed by atoms with Crippen molar-refractivity contribution in [3.8, 4) is 5.75 Å². The fourth-order valence-electron chi connectivity index (χ4n) is 4.15. The molecule has 0 aromatic heterocycles. The number of hydrogen-bond acceptors (Lipinski definition) is 3. The van der Waals surface area contributed by atoms with E-state index in [-0.39, 0.29) is 11.5 Å². The normalized spacial score (nSPS) is 12.1. The Hall–Kier alpha value is -3.22. The number of aliphatic hydroxyl groups excluding tert-OH is 1. The molecule has 2 aromatic carbocycles. The molecule has 0 aliphatic carbocycles. The van der Waals surface area contributed by atoms with Crippen LogP contribution in [0.3, 0.4) is 0 Å². The van der Waals surface area contributed by atoms with E-state index >= 15 is 0 Å². The smallest absolute Gasteiger partial charge is 0.0850 e. The zero-order chi connectivity index (χ0) is 32.3. The van der Waals surface area contributed by atoms with Crippen LogP contribution in [0.5, 0.6) is 5.75 Å². The number of hydrogen-bond donors (Lipinski definition) is 1. The number of allylic oxidation sites excluding steroid dienone is 3. The van der Waals surface area contributed by atoms with Gasteiger partial charge in [0.15, 0.2) is 0 Å². The van der Waals surface area contributed by atoms with Crippen molar-refractivity contribution in [3.63, 3.8) is 0 Å². The maximum atomic E-state index is 12.5. The second-order valence-corrected chi connectivity index (χ2v) is 10.0. The Morgan fingerprint density at radius 2 is 1.52 bits per heavy atom. The molecule has 0 fully saturated rings. The van der Waals surface area contributed by atoms with Gasteiger partial charge in [-0.15, -0.1) is 0 Å². The van der Waals surface area contributed by atoms with E-state index in [4.69, 9.17) is 5.11 Å². The number of unbranched alkanes of at least 4 members (excludes halogenated alkanes) is 1. The molecule has 7 heteroatoms. The first-order valence-corrected chi connectivity index (χ1v) is 14.9. The monoisotopic (exact) mass is 585 g/mol. The number of benzene rings is 2. The molecule has 0 spiro atoms. The number of halogens is 3. The molecule has 0 amide bonds. The predicted octanol–water partition coefficient (Wildman–Crippen LogP) is 10.8. The minimum Gasteiger partial charge on any atom is -0.513 e. The van der Waals surface area contributed by atoms with E-state index in [0.29, 0.717) is 6.04 Å². The molecule has 0 aliphatic rings. The van der Waals surface area contributed by atoms with Crippen molar-refractivity contribution in [2.75, 3.05) is 0 Å². The molecule has 1 N–H and O–H groups in total. The first kappa shape index (κ1) is 38.8. The van der Waals surface area contributed by atoms with Gasteiger partial charge in [-0.05, 0) is 6.42 Å². The van der Waals surface area contributed by atoms with Crippen LogP contribution < -0.4 is 4.74 Å². The van der Waals surface area contributed by atoms with Gasteiger partial charge >= 0.3 is 203 Å². The van der Waals surface area contributed by atoms with E-state index < -0.39 is 6.36 Å². The summed E-state index contributed by atoms with van der Waals surface area (Å²) in [5.74, 6) is 0.0675. The van der Waals surface area contributed by atoms with Crippen molar-refractivity contribution in [1.82, 2.24) is 4.90 Å². The fraction of sp³-hybridized carbons (Fsp3) is 0.457. The van der Waals surface area contributed by atoms with Crippen molar-refractivity contribution in [3.05, 3.63) is 90.2 Å². The fourth-order valence-corrected chi connectivity index (χ4v) is 4.15. The van der Waals surface area contributed by atoms with E-state index in [1.54, 1.807) is 12.1 Å². The first-order valence-electron chi connectivity index (χ1n) is 14.9. The Labute approximate surface area is 253 Å². The van der Waals surface area contributed by atoms with Crippen LogP contribution >= 0.6 is 0 Å². The van der Waals surface area contributed by atoms with Crippen LogP contribution in [-0.4, -0.2) is 34.9 Å². The van der Waals surface area contributed by atoms with Gasteiger partial charge < -0.3 is 5.11 Å². The maximum Gasteiger partial charge on any atom is 0.0850 e. The number of alkyl halides is 3. The quantitative estimate of drug-likeness (QED) is 0.188. The number of aliphatic hydroxyl groups is 1. The number of rotatable bonds is 13. The van der Waals surface area contributed by atoms with Crippen molar-refractivity contribution >= 4 is 23.6 Å². The Kier molecular flexibility index (Phi) is 19.0. The van der Waals surface area contributed by atoms with Gasteiger partial charge in [0.2, 0.25) is 0 Å². The summed E-state index contributed by atoms with van der Waals surface area (Å²) in [4.78, 5) is 2.40. The molecule has 0 bridgehead atoms. The summed E-state index contributed by atoms with van der Waals surface area (Å²) in [6.07, 6.45) is 2.37. The Bertz CT molecular complexity index is 1120. The van der Waals surface area contributed by atoms with Gasteiger partial charge in [-0.1, -0.05) is 27.4 Å². The molecule has 0 saturated heterocycles. The van der Waals surface area contributed by atoms with Crippen LogP contribution in [0.4, 0.5) is 13.2 Å². The van der Waals surface area contributed by atoms with Crippen LogP contribution in [-0.2, 0) is 6.54 Å². The van der Waals surface area contributed by atoms with Gasteiger partial charge in [0.25, 0.3) is 0 Å². The second-order valence-electron chi connectivity index (χ2n) is 10.0. The summed E-state index contributed by atoms with van der Waals surface area (Å²) in [6, 6.07) is 14.8. The van der Waals surface area contributed by atoms with E-state index in [9.17, 15) is 13.2 Å². The Balaban J connectivity index is 0.00000186. The Morgan fingerprint density at radius 3 is 1.93 bits per heavy atom. The van der Waals surface area contributed by atoms with Gasteiger partial charge in [0.1, 0.15) is 0 Å². The summed E-state index contributed by atoms with van der Waals surface area (Å²) >= 11 is 0. The van der Waals surface area contributed by atoms with E-state index in [1.165, 1.54) is 17.7 Å². The predicted molar refractivity (Wildman–Crippen MR) is 177 cm³/mol. The number of ether oxygens (including phenoxy) is 1. The van der Waals surface area contributed by atoms with Crippen molar-refractivity contribution in [2.24, 2.45) is 0 Å². The maximum absolute atomic E-state index is 12.5. The topological polar surface area (TPSA) is 32.7 Å². The summed E-state index contributed by atoms with van der Waals surface area (Å²) in [7, 11) is 0. The molecule has 0 heterocycles. The first-order chi connectivity index (χ1) is 19.8. The molecular weight excluding hydrogens is 534 g/mol. The van der Waals surface area contributed by atoms with Gasteiger partial charge in [0, 0.05) is 6.42 Å². The molecule has 3 nitrogen and oxygen atoms in total. The minimum absolute atomic E-state index is 0.222. The van der Waals surface area contributed by atoms with Gasteiger partial charge in [-0.3, -0.25) is 0 Å². The molecule has 1 atom stereocenters. The third-order valence-corrected chi connectivity index (χ3v) is 6.40. The number of nitrogens with zero attached hydrogens (tertiary/aromatic N) is 1. The summed E-state index contributed by atoms with van der Waals surface area (Å²) in [5, 5.41) is 8.36. The summed E-state index contributed by atoms with van der Waals surface area (Å²) < 4.78 is 41.4. The van der Waals surface area contributed by atoms with Crippen LogP contribution in [0.2, 0.25) is 0 Å². The molecule has 2 rings (SSSR count). The van der Waals surface area contributed by atoms with Crippen LogP contribution in [0, 0.1) is 0 Å². The third-order valence-electron chi connectivity index (χ3n) is 6.40. The van der Waals surface area contributed by atoms with E-state index in [2.05, 4.69) is 74.8 Å². The SMILES string of the molecule is C=C(C)c1ccc(CN(C(C)=B/C(=C\C)c2ccc(OC(F)(F)F)cc2)C(C)CCCC)cc1.C=C(O)CCC.CC. The van der Waals surface area contributed by atoms with Crippen LogP contribution in [0.1, 0.15) is 104 Å². The van der Waals surface area contributed by atoms with Crippen LogP contribution in [0.25, 0.3) is 11.0 Å².